The summed E-state index contributed by atoms with van der Waals surface area (Å²) in [7, 11) is 0. The van der Waals surface area contributed by atoms with Gasteiger partial charge in [0.1, 0.15) is 6.54 Å². The fourth-order valence-corrected chi connectivity index (χ4v) is 3.20. The first kappa shape index (κ1) is 32.0. The van der Waals surface area contributed by atoms with Gasteiger partial charge >= 0.3 is 5.97 Å². The van der Waals surface area contributed by atoms with E-state index in [4.69, 9.17) is 15.3 Å². The number of carbonyl (C=O) groups is 2. The number of aliphatic hydroxyl groups excluding tert-OH is 2. The van der Waals surface area contributed by atoms with Crippen LogP contribution in [0.25, 0.3) is 0 Å². The van der Waals surface area contributed by atoms with Crippen LogP contribution in [0.1, 0.15) is 110 Å². The monoisotopic (exact) mass is 446 g/mol. The number of carbonyl (C=O) groups excluding carboxylic acids is 1. The summed E-state index contributed by atoms with van der Waals surface area (Å²) in [6.07, 6.45) is 20.0. The molecule has 0 unspecified atom stereocenters. The van der Waals surface area contributed by atoms with Crippen molar-refractivity contribution in [3.63, 3.8) is 0 Å². The fourth-order valence-electron chi connectivity index (χ4n) is 3.20. The molecule has 0 aliphatic heterocycles. The predicted molar refractivity (Wildman–Crippen MR) is 127 cm³/mol. The Kier molecular flexibility index (Phi) is 29.8. The van der Waals surface area contributed by atoms with Crippen molar-refractivity contribution >= 4 is 11.9 Å². The van der Waals surface area contributed by atoms with Crippen molar-refractivity contribution in [3.05, 3.63) is 0 Å². The molecule has 0 radical (unpaired) electrons. The van der Waals surface area contributed by atoms with Crippen molar-refractivity contribution in [3.8, 4) is 0 Å². The van der Waals surface area contributed by atoms with Crippen LogP contribution in [0.15, 0.2) is 0 Å². The lowest BCUT2D eigenvalue weighted by Crippen LogP contribution is -2.28. The summed E-state index contributed by atoms with van der Waals surface area (Å²) in [6, 6.07) is 0. The van der Waals surface area contributed by atoms with E-state index in [1.165, 1.54) is 83.5 Å². The molecule has 0 aromatic heterocycles. The maximum Gasteiger partial charge on any atom is 0.322 e. The fraction of sp³-hybridized carbons (Fsp3) is 0.917. The molecule has 31 heavy (non-hydrogen) atoms. The van der Waals surface area contributed by atoms with Gasteiger partial charge in [0.05, 0.1) is 13.2 Å². The van der Waals surface area contributed by atoms with Gasteiger partial charge in [-0.15, -0.1) is 0 Å². The summed E-state index contributed by atoms with van der Waals surface area (Å²) in [5, 5.41) is 29.9. The summed E-state index contributed by atoms with van der Waals surface area (Å²) in [4.78, 5) is 21.6. The number of carboxylic acid groups (broad SMARTS) is 1. The lowest BCUT2D eigenvalue weighted by atomic mass is 10.0. The number of unbranched alkanes of at least 4 members (excludes halogenated alkanes) is 14. The summed E-state index contributed by atoms with van der Waals surface area (Å²) in [5.74, 6) is -1.13. The minimum Gasteiger partial charge on any atom is -0.480 e. The second kappa shape index (κ2) is 28.8. The second-order valence-corrected chi connectivity index (χ2v) is 8.07. The van der Waals surface area contributed by atoms with E-state index in [0.29, 0.717) is 19.5 Å². The summed E-state index contributed by atoms with van der Waals surface area (Å²) in [6.45, 7) is 3.41. The van der Waals surface area contributed by atoms with Gasteiger partial charge in [0.15, 0.2) is 0 Å². The lowest BCUT2D eigenvalue weighted by Gasteiger charge is -2.04. The quantitative estimate of drug-likeness (QED) is 0.160. The molecular weight excluding hydrogens is 396 g/mol. The lowest BCUT2D eigenvalue weighted by molar-refractivity contribution is -0.137. The molecule has 0 saturated heterocycles. The largest absolute Gasteiger partial charge is 0.480 e. The number of hydrogen-bond donors (Lipinski definition) is 5. The molecule has 0 heterocycles. The Morgan fingerprint density at radius 3 is 1.39 bits per heavy atom. The van der Waals surface area contributed by atoms with Gasteiger partial charge in [-0.1, -0.05) is 96.8 Å². The average molecular weight is 447 g/mol. The molecule has 0 saturated carbocycles. The highest BCUT2D eigenvalue weighted by Gasteiger charge is 2.03. The smallest absolute Gasteiger partial charge is 0.322 e. The number of nitrogens with one attached hydrogen (secondary N) is 2. The van der Waals surface area contributed by atoms with Crippen LogP contribution in [0.5, 0.6) is 0 Å². The molecule has 5 N–H and O–H groups in total. The van der Waals surface area contributed by atoms with Gasteiger partial charge in [0, 0.05) is 19.5 Å². The number of amides is 1. The molecule has 186 valence electrons. The molecule has 0 aliphatic rings. The zero-order valence-electron chi connectivity index (χ0n) is 20.0. The van der Waals surface area contributed by atoms with E-state index in [0.717, 1.165) is 12.8 Å². The molecule has 0 fully saturated rings. The van der Waals surface area contributed by atoms with E-state index in [-0.39, 0.29) is 25.7 Å². The number of aliphatic carboxylic acids is 1. The molecule has 7 nitrogen and oxygen atoms in total. The number of rotatable bonds is 22. The first-order chi connectivity index (χ1) is 15.1. The van der Waals surface area contributed by atoms with E-state index in [2.05, 4.69) is 17.6 Å². The van der Waals surface area contributed by atoms with Crippen LogP contribution in [0.4, 0.5) is 0 Å². The van der Waals surface area contributed by atoms with Crippen molar-refractivity contribution < 1.29 is 24.9 Å². The van der Waals surface area contributed by atoms with E-state index in [9.17, 15) is 9.59 Å². The molecular formula is C24H50N2O5. The summed E-state index contributed by atoms with van der Waals surface area (Å²) >= 11 is 0. The zero-order valence-corrected chi connectivity index (χ0v) is 20.0. The van der Waals surface area contributed by atoms with Gasteiger partial charge in [-0.25, -0.2) is 0 Å². The van der Waals surface area contributed by atoms with Gasteiger partial charge in [0.25, 0.3) is 0 Å². The van der Waals surface area contributed by atoms with Crippen LogP contribution in [-0.4, -0.2) is 60.0 Å². The topological polar surface area (TPSA) is 119 Å². The van der Waals surface area contributed by atoms with Crippen LogP contribution in [0.2, 0.25) is 0 Å². The highest BCUT2D eigenvalue weighted by molar-refractivity contribution is 5.80. The SMILES string of the molecule is CCCCCCCCCCCCCCCCCC(=O)NCC(=O)O.OCCNCCO. The Hall–Kier alpha value is -1.18. The van der Waals surface area contributed by atoms with Crippen LogP contribution in [0, 0.1) is 0 Å². The molecule has 0 bridgehead atoms. The normalized spacial score (nSPS) is 10.4. The van der Waals surface area contributed by atoms with E-state index >= 15 is 0 Å². The van der Waals surface area contributed by atoms with Gasteiger partial charge in [0.2, 0.25) is 5.91 Å². The standard InChI is InChI=1S/C20H39NO3.C4H11NO2/c1-2-3-4-5-6-7-8-9-10-11-12-13-14-15-16-17-19(22)21-18-20(23)24;6-3-1-5-2-4-7/h2-18H2,1H3,(H,21,22)(H,23,24);5-7H,1-4H2. The van der Waals surface area contributed by atoms with Gasteiger partial charge in [-0.3, -0.25) is 9.59 Å². The third kappa shape index (κ3) is 33.7. The average Bonchev–Trinajstić information content (AvgIpc) is 2.76. The molecule has 0 rings (SSSR count). The highest BCUT2D eigenvalue weighted by Crippen LogP contribution is 2.13. The molecule has 7 heteroatoms. The minimum absolute atomic E-state index is 0.139. The number of carboxylic acids is 1. The van der Waals surface area contributed by atoms with E-state index < -0.39 is 5.97 Å². The molecule has 0 aromatic carbocycles. The van der Waals surface area contributed by atoms with Crippen LogP contribution >= 0.6 is 0 Å². The Morgan fingerprint density at radius 1 is 0.645 bits per heavy atom. The highest BCUT2D eigenvalue weighted by atomic mass is 16.4. The Labute approximate surface area is 190 Å². The zero-order chi connectivity index (χ0) is 23.4. The van der Waals surface area contributed by atoms with Crippen molar-refractivity contribution in [2.45, 2.75) is 110 Å². The van der Waals surface area contributed by atoms with Crippen molar-refractivity contribution in [1.82, 2.24) is 10.6 Å². The van der Waals surface area contributed by atoms with Crippen LogP contribution in [0.3, 0.4) is 0 Å². The molecule has 0 aliphatic carbocycles. The van der Waals surface area contributed by atoms with E-state index in [1.807, 2.05) is 0 Å². The summed E-state index contributed by atoms with van der Waals surface area (Å²) < 4.78 is 0. The number of aliphatic hydroxyl groups is 2. The van der Waals surface area contributed by atoms with Crippen molar-refractivity contribution in [2.24, 2.45) is 0 Å². The van der Waals surface area contributed by atoms with Crippen molar-refractivity contribution in [2.75, 3.05) is 32.8 Å². The molecule has 0 spiro atoms. The van der Waals surface area contributed by atoms with E-state index in [1.54, 1.807) is 0 Å². The third-order valence-corrected chi connectivity index (χ3v) is 5.02. The minimum atomic E-state index is -0.986. The van der Waals surface area contributed by atoms with Gasteiger partial charge in [-0.2, -0.15) is 0 Å². The van der Waals surface area contributed by atoms with Gasteiger partial charge < -0.3 is 26.0 Å². The van der Waals surface area contributed by atoms with Crippen LogP contribution in [-0.2, 0) is 9.59 Å². The Morgan fingerprint density at radius 2 is 1.03 bits per heavy atom. The molecule has 1 amide bonds. The first-order valence-electron chi connectivity index (χ1n) is 12.5. The maximum absolute atomic E-state index is 11.3. The Balaban J connectivity index is 0. The third-order valence-electron chi connectivity index (χ3n) is 5.02. The Bertz CT molecular complexity index is 377. The summed E-state index contributed by atoms with van der Waals surface area (Å²) in [5.41, 5.74) is 0. The van der Waals surface area contributed by atoms with Gasteiger partial charge in [-0.05, 0) is 6.42 Å². The number of hydrogen-bond acceptors (Lipinski definition) is 5. The molecule has 0 atom stereocenters. The van der Waals surface area contributed by atoms with Crippen molar-refractivity contribution in [1.29, 1.82) is 0 Å². The second-order valence-electron chi connectivity index (χ2n) is 8.07. The maximum atomic E-state index is 11.3. The van der Waals surface area contributed by atoms with Crippen LogP contribution < -0.4 is 10.6 Å². The predicted octanol–water partition coefficient (Wildman–Crippen LogP) is 4.01. The first-order valence-corrected chi connectivity index (χ1v) is 12.5. The molecule has 0 aromatic rings.